The van der Waals surface area contributed by atoms with E-state index in [9.17, 15) is 0 Å². The third-order valence-corrected chi connectivity index (χ3v) is 4.82. The monoisotopic (exact) mass is 438 g/mol. The van der Waals surface area contributed by atoms with Crippen molar-refractivity contribution in [2.24, 2.45) is 0 Å². The molecule has 0 unspecified atom stereocenters. The number of aryl methyl sites for hydroxylation is 1. The summed E-state index contributed by atoms with van der Waals surface area (Å²) in [6, 6.07) is 8.58. The van der Waals surface area contributed by atoms with Crippen LogP contribution in [-0.4, -0.2) is 9.78 Å². The van der Waals surface area contributed by atoms with Crippen LogP contribution in [0.5, 0.6) is 0 Å². The number of nitrogens with zero attached hydrogens (tertiary/aromatic N) is 2. The Morgan fingerprint density at radius 2 is 1.75 bits per heavy atom. The highest BCUT2D eigenvalue weighted by molar-refractivity contribution is 14.1. The molecule has 0 spiro atoms. The van der Waals surface area contributed by atoms with Gasteiger partial charge in [0.2, 0.25) is 0 Å². The highest BCUT2D eigenvalue weighted by Crippen LogP contribution is 2.16. The zero-order valence-corrected chi connectivity index (χ0v) is 13.5. The molecule has 0 saturated heterocycles. The second-order valence-electron chi connectivity index (χ2n) is 3.77. The van der Waals surface area contributed by atoms with E-state index in [4.69, 9.17) is 0 Å². The molecule has 2 aromatic rings. The first-order chi connectivity index (χ1) is 7.58. The molecule has 4 heteroatoms. The van der Waals surface area contributed by atoms with Gasteiger partial charge in [-0.15, -0.1) is 0 Å². The molecule has 0 atom stereocenters. The maximum atomic E-state index is 4.53. The minimum atomic E-state index is 0.854. The van der Waals surface area contributed by atoms with Gasteiger partial charge in [-0.3, -0.25) is 4.68 Å². The summed E-state index contributed by atoms with van der Waals surface area (Å²) in [5, 5.41) is 4.53. The van der Waals surface area contributed by atoms with Gasteiger partial charge in [-0.1, -0.05) is 12.1 Å². The molecule has 0 radical (unpaired) electrons. The molecular weight excluding hydrogens is 426 g/mol. The summed E-state index contributed by atoms with van der Waals surface area (Å²) in [7, 11) is 0. The van der Waals surface area contributed by atoms with E-state index >= 15 is 0 Å². The van der Waals surface area contributed by atoms with Crippen LogP contribution in [0.2, 0.25) is 0 Å². The minimum Gasteiger partial charge on any atom is -0.264 e. The predicted molar refractivity (Wildman–Crippen MR) is 82.7 cm³/mol. The van der Waals surface area contributed by atoms with E-state index in [-0.39, 0.29) is 0 Å². The van der Waals surface area contributed by atoms with Gasteiger partial charge in [0.15, 0.2) is 0 Å². The molecule has 0 aliphatic carbocycles. The molecule has 1 aromatic heterocycles. The van der Waals surface area contributed by atoms with Crippen molar-refractivity contribution >= 4 is 45.2 Å². The fourth-order valence-corrected chi connectivity index (χ4v) is 2.34. The lowest BCUT2D eigenvalue weighted by Crippen LogP contribution is -2.04. The van der Waals surface area contributed by atoms with Crippen LogP contribution in [0.4, 0.5) is 0 Å². The van der Waals surface area contributed by atoms with Gasteiger partial charge in [0, 0.05) is 9.26 Å². The molecule has 2 nitrogen and oxygen atoms in total. The van der Waals surface area contributed by atoms with Gasteiger partial charge in [-0.25, -0.2) is 0 Å². The predicted octanol–water partition coefficient (Wildman–Crippen LogP) is 3.76. The molecule has 2 rings (SSSR count). The Balaban J connectivity index is 2.27. The fraction of sp³-hybridized carbons (Fsp3) is 0.250. The molecule has 16 heavy (non-hydrogen) atoms. The summed E-state index contributed by atoms with van der Waals surface area (Å²) >= 11 is 4.67. The van der Waals surface area contributed by atoms with Crippen molar-refractivity contribution in [2.75, 3.05) is 0 Å². The highest BCUT2D eigenvalue weighted by atomic mass is 127. The van der Waals surface area contributed by atoms with Gasteiger partial charge < -0.3 is 0 Å². The number of halogens is 2. The standard InChI is InChI=1S/C12H12I2N2/c1-8-12(14)9(2)16(15-8)7-10-3-5-11(13)6-4-10/h3-6H,7H2,1-2H3. The molecule has 1 heterocycles. The SMILES string of the molecule is Cc1nn(Cc2ccc(I)cc2)c(C)c1I. The average Bonchev–Trinajstić information content (AvgIpc) is 2.50. The van der Waals surface area contributed by atoms with Gasteiger partial charge in [-0.2, -0.15) is 5.10 Å². The Kier molecular flexibility index (Phi) is 3.89. The Morgan fingerprint density at radius 3 is 2.25 bits per heavy atom. The van der Waals surface area contributed by atoms with Gasteiger partial charge in [0.05, 0.1) is 15.8 Å². The van der Waals surface area contributed by atoms with E-state index in [1.54, 1.807) is 0 Å². The lowest BCUT2D eigenvalue weighted by Gasteiger charge is -2.04. The van der Waals surface area contributed by atoms with E-state index in [0.717, 1.165) is 12.2 Å². The summed E-state index contributed by atoms with van der Waals surface area (Å²) in [6.45, 7) is 5.03. The maximum absolute atomic E-state index is 4.53. The largest absolute Gasteiger partial charge is 0.264 e. The molecule has 0 bridgehead atoms. The Bertz CT molecular complexity index is 500. The number of benzene rings is 1. The molecule has 0 fully saturated rings. The normalized spacial score (nSPS) is 10.8. The van der Waals surface area contributed by atoms with E-state index in [2.05, 4.69) is 93.1 Å². The van der Waals surface area contributed by atoms with E-state index in [1.807, 2.05) is 0 Å². The Labute approximate surface area is 123 Å². The number of aromatic nitrogens is 2. The summed E-state index contributed by atoms with van der Waals surface area (Å²) in [5.41, 5.74) is 3.66. The maximum Gasteiger partial charge on any atom is 0.0730 e. The van der Waals surface area contributed by atoms with Crippen molar-refractivity contribution < 1.29 is 0 Å². The Morgan fingerprint density at radius 1 is 1.12 bits per heavy atom. The van der Waals surface area contributed by atoms with Crippen molar-refractivity contribution in [1.29, 1.82) is 0 Å². The smallest absolute Gasteiger partial charge is 0.0730 e. The number of hydrogen-bond donors (Lipinski definition) is 0. The van der Waals surface area contributed by atoms with Crippen LogP contribution in [0.15, 0.2) is 24.3 Å². The lowest BCUT2D eigenvalue weighted by atomic mass is 10.2. The van der Waals surface area contributed by atoms with Gasteiger partial charge in [0.1, 0.15) is 0 Å². The van der Waals surface area contributed by atoms with Crippen LogP contribution < -0.4 is 0 Å². The molecule has 1 aromatic carbocycles. The quantitative estimate of drug-likeness (QED) is 0.654. The van der Waals surface area contributed by atoms with Crippen molar-refractivity contribution in [3.63, 3.8) is 0 Å². The van der Waals surface area contributed by atoms with Crippen molar-refractivity contribution in [1.82, 2.24) is 9.78 Å². The van der Waals surface area contributed by atoms with Crippen LogP contribution in [0.3, 0.4) is 0 Å². The summed E-state index contributed by atoms with van der Waals surface area (Å²) < 4.78 is 4.60. The van der Waals surface area contributed by atoms with Crippen molar-refractivity contribution in [3.8, 4) is 0 Å². The van der Waals surface area contributed by atoms with Gasteiger partial charge in [-0.05, 0) is 76.7 Å². The lowest BCUT2D eigenvalue weighted by molar-refractivity contribution is 0.658. The van der Waals surface area contributed by atoms with Gasteiger partial charge >= 0.3 is 0 Å². The van der Waals surface area contributed by atoms with E-state index < -0.39 is 0 Å². The second-order valence-corrected chi connectivity index (χ2v) is 6.09. The zero-order chi connectivity index (χ0) is 11.7. The molecule has 0 aliphatic rings. The van der Waals surface area contributed by atoms with Gasteiger partial charge in [0.25, 0.3) is 0 Å². The van der Waals surface area contributed by atoms with Crippen LogP contribution >= 0.6 is 45.2 Å². The Hall–Kier alpha value is -0.110. The summed E-state index contributed by atoms with van der Waals surface area (Å²) in [6.07, 6.45) is 0. The zero-order valence-electron chi connectivity index (χ0n) is 9.17. The van der Waals surface area contributed by atoms with Crippen molar-refractivity contribution in [3.05, 3.63) is 48.4 Å². The minimum absolute atomic E-state index is 0.854. The second kappa shape index (κ2) is 5.03. The summed E-state index contributed by atoms with van der Waals surface area (Å²) in [5.74, 6) is 0. The van der Waals surface area contributed by atoms with E-state index in [1.165, 1.54) is 18.4 Å². The number of hydrogen-bond acceptors (Lipinski definition) is 1. The fourth-order valence-electron chi connectivity index (χ4n) is 1.59. The van der Waals surface area contributed by atoms with Crippen molar-refractivity contribution in [2.45, 2.75) is 20.4 Å². The topological polar surface area (TPSA) is 17.8 Å². The molecule has 84 valence electrons. The first-order valence-corrected chi connectivity index (χ1v) is 7.17. The summed E-state index contributed by atoms with van der Waals surface area (Å²) in [4.78, 5) is 0. The third-order valence-electron chi connectivity index (χ3n) is 2.54. The van der Waals surface area contributed by atoms with Crippen LogP contribution in [0, 0.1) is 21.0 Å². The average molecular weight is 438 g/mol. The highest BCUT2D eigenvalue weighted by Gasteiger charge is 2.08. The van der Waals surface area contributed by atoms with E-state index in [0.29, 0.717) is 0 Å². The van der Waals surface area contributed by atoms with Crippen LogP contribution in [0.25, 0.3) is 0 Å². The molecule has 0 amide bonds. The third kappa shape index (κ3) is 2.58. The first-order valence-electron chi connectivity index (χ1n) is 5.02. The van der Waals surface area contributed by atoms with Crippen LogP contribution in [0.1, 0.15) is 17.0 Å². The molecule has 0 aliphatic heterocycles. The first kappa shape index (κ1) is 12.3. The van der Waals surface area contributed by atoms with Crippen LogP contribution in [-0.2, 0) is 6.54 Å². The number of rotatable bonds is 2. The molecular formula is C12H12I2N2. The molecule has 0 N–H and O–H groups in total. The molecule has 0 saturated carbocycles.